The van der Waals surface area contributed by atoms with Crippen molar-refractivity contribution in [2.24, 2.45) is 5.92 Å². The SMILES string of the molecule is c1ccc(N2CCC(NCC3COC3)CC2)nc1. The van der Waals surface area contributed by atoms with Gasteiger partial charge in [0, 0.05) is 37.8 Å². The molecular weight excluding hydrogens is 226 g/mol. The second-order valence-corrected chi connectivity index (χ2v) is 5.26. The van der Waals surface area contributed by atoms with E-state index < -0.39 is 0 Å². The van der Waals surface area contributed by atoms with Crippen molar-refractivity contribution in [3.63, 3.8) is 0 Å². The molecule has 0 aliphatic carbocycles. The Balaban J connectivity index is 1.43. The number of pyridine rings is 1. The fraction of sp³-hybridized carbons (Fsp3) is 0.643. The average molecular weight is 247 g/mol. The predicted octanol–water partition coefficient (Wildman–Crippen LogP) is 1.29. The van der Waals surface area contributed by atoms with Crippen LogP contribution in [0.15, 0.2) is 24.4 Å². The van der Waals surface area contributed by atoms with E-state index in [0.717, 1.165) is 44.6 Å². The third-order valence-electron chi connectivity index (χ3n) is 3.87. The molecular formula is C14H21N3O. The van der Waals surface area contributed by atoms with Crippen LogP contribution in [0.2, 0.25) is 0 Å². The molecule has 4 nitrogen and oxygen atoms in total. The van der Waals surface area contributed by atoms with Gasteiger partial charge in [0.1, 0.15) is 5.82 Å². The zero-order valence-electron chi connectivity index (χ0n) is 10.7. The van der Waals surface area contributed by atoms with E-state index >= 15 is 0 Å². The minimum Gasteiger partial charge on any atom is -0.381 e. The number of hydrogen-bond acceptors (Lipinski definition) is 4. The smallest absolute Gasteiger partial charge is 0.128 e. The van der Waals surface area contributed by atoms with Gasteiger partial charge in [-0.25, -0.2) is 4.98 Å². The maximum Gasteiger partial charge on any atom is 0.128 e. The molecule has 2 fully saturated rings. The van der Waals surface area contributed by atoms with Crippen molar-refractivity contribution < 1.29 is 4.74 Å². The molecule has 3 heterocycles. The molecule has 0 radical (unpaired) electrons. The summed E-state index contributed by atoms with van der Waals surface area (Å²) in [6.45, 7) is 5.22. The zero-order valence-corrected chi connectivity index (χ0v) is 10.7. The summed E-state index contributed by atoms with van der Waals surface area (Å²) in [4.78, 5) is 6.79. The highest BCUT2D eigenvalue weighted by atomic mass is 16.5. The van der Waals surface area contributed by atoms with E-state index in [1.807, 2.05) is 12.3 Å². The second kappa shape index (κ2) is 5.67. The van der Waals surface area contributed by atoms with Gasteiger partial charge in [-0.2, -0.15) is 0 Å². The first-order chi connectivity index (χ1) is 8.92. The van der Waals surface area contributed by atoms with E-state index in [0.29, 0.717) is 6.04 Å². The lowest BCUT2D eigenvalue weighted by atomic mass is 10.0. The minimum absolute atomic E-state index is 0.672. The number of aromatic nitrogens is 1. The van der Waals surface area contributed by atoms with Gasteiger partial charge in [-0.05, 0) is 25.0 Å². The lowest BCUT2D eigenvalue weighted by molar-refractivity contribution is -0.0319. The molecule has 3 rings (SSSR count). The van der Waals surface area contributed by atoms with Crippen LogP contribution in [0, 0.1) is 5.92 Å². The Morgan fingerprint density at radius 2 is 2.11 bits per heavy atom. The molecule has 0 bridgehead atoms. The van der Waals surface area contributed by atoms with Crippen LogP contribution in [0.4, 0.5) is 5.82 Å². The standard InChI is InChI=1S/C14H21N3O/c1-2-6-15-14(3-1)17-7-4-13(5-8-17)16-9-12-10-18-11-12/h1-3,6,12-13,16H,4-5,7-11H2. The van der Waals surface area contributed by atoms with Gasteiger partial charge < -0.3 is 15.0 Å². The monoisotopic (exact) mass is 247 g/mol. The first kappa shape index (κ1) is 11.9. The van der Waals surface area contributed by atoms with E-state index in [-0.39, 0.29) is 0 Å². The van der Waals surface area contributed by atoms with Crippen molar-refractivity contribution >= 4 is 5.82 Å². The van der Waals surface area contributed by atoms with Crippen molar-refractivity contribution in [1.82, 2.24) is 10.3 Å². The molecule has 1 N–H and O–H groups in total. The Kier molecular flexibility index (Phi) is 3.76. The largest absolute Gasteiger partial charge is 0.381 e. The van der Waals surface area contributed by atoms with Crippen LogP contribution in [0.5, 0.6) is 0 Å². The molecule has 98 valence electrons. The molecule has 2 aliphatic rings. The van der Waals surface area contributed by atoms with Crippen LogP contribution < -0.4 is 10.2 Å². The van der Waals surface area contributed by atoms with Gasteiger partial charge in [0.2, 0.25) is 0 Å². The number of nitrogens with one attached hydrogen (secondary N) is 1. The fourth-order valence-electron chi connectivity index (χ4n) is 2.59. The van der Waals surface area contributed by atoms with E-state index in [2.05, 4.69) is 27.3 Å². The number of piperidine rings is 1. The second-order valence-electron chi connectivity index (χ2n) is 5.26. The molecule has 4 heteroatoms. The summed E-state index contributed by atoms with van der Waals surface area (Å²) in [5.74, 6) is 1.86. The molecule has 0 atom stereocenters. The third-order valence-corrected chi connectivity index (χ3v) is 3.87. The number of hydrogen-bond donors (Lipinski definition) is 1. The average Bonchev–Trinajstić information content (AvgIpc) is 2.39. The highest BCUT2D eigenvalue weighted by Crippen LogP contribution is 2.17. The first-order valence-corrected chi connectivity index (χ1v) is 6.89. The van der Waals surface area contributed by atoms with Gasteiger partial charge >= 0.3 is 0 Å². The number of ether oxygens (including phenoxy) is 1. The molecule has 1 aromatic heterocycles. The minimum atomic E-state index is 0.672. The number of anilines is 1. The normalized spacial score (nSPS) is 21.9. The highest BCUT2D eigenvalue weighted by Gasteiger charge is 2.23. The molecule has 0 unspecified atom stereocenters. The Hall–Kier alpha value is -1.13. The molecule has 0 aromatic carbocycles. The Bertz CT molecular complexity index is 359. The molecule has 1 aromatic rings. The third kappa shape index (κ3) is 2.82. The van der Waals surface area contributed by atoms with Crippen LogP contribution >= 0.6 is 0 Å². The highest BCUT2D eigenvalue weighted by molar-refractivity contribution is 5.38. The molecule has 0 amide bonds. The Morgan fingerprint density at radius 1 is 1.28 bits per heavy atom. The molecule has 18 heavy (non-hydrogen) atoms. The maximum atomic E-state index is 5.19. The van der Waals surface area contributed by atoms with Crippen LogP contribution in [-0.2, 0) is 4.74 Å². The summed E-state index contributed by atoms with van der Waals surface area (Å²) in [6, 6.07) is 6.80. The van der Waals surface area contributed by atoms with Crippen molar-refractivity contribution in [1.29, 1.82) is 0 Å². The van der Waals surface area contributed by atoms with Gasteiger partial charge in [-0.1, -0.05) is 6.07 Å². The summed E-state index contributed by atoms with van der Waals surface area (Å²) in [5.41, 5.74) is 0. The van der Waals surface area contributed by atoms with Crippen LogP contribution in [0.1, 0.15) is 12.8 Å². The summed E-state index contributed by atoms with van der Waals surface area (Å²) >= 11 is 0. The van der Waals surface area contributed by atoms with E-state index in [1.54, 1.807) is 0 Å². The van der Waals surface area contributed by atoms with Crippen molar-refractivity contribution in [3.8, 4) is 0 Å². The topological polar surface area (TPSA) is 37.4 Å². The fourth-order valence-corrected chi connectivity index (χ4v) is 2.59. The van der Waals surface area contributed by atoms with Gasteiger partial charge in [0.15, 0.2) is 0 Å². The maximum absolute atomic E-state index is 5.19. The van der Waals surface area contributed by atoms with Crippen molar-refractivity contribution in [2.45, 2.75) is 18.9 Å². The number of nitrogens with zero attached hydrogens (tertiary/aromatic N) is 2. The molecule has 2 aliphatic heterocycles. The van der Waals surface area contributed by atoms with Crippen LogP contribution in [-0.4, -0.2) is 43.9 Å². The van der Waals surface area contributed by atoms with Crippen molar-refractivity contribution in [3.05, 3.63) is 24.4 Å². The van der Waals surface area contributed by atoms with Gasteiger partial charge in [-0.3, -0.25) is 0 Å². The van der Waals surface area contributed by atoms with Gasteiger partial charge in [0.05, 0.1) is 13.2 Å². The van der Waals surface area contributed by atoms with Crippen LogP contribution in [0.25, 0.3) is 0 Å². The Labute approximate surface area is 108 Å². The summed E-state index contributed by atoms with van der Waals surface area (Å²) in [6.07, 6.45) is 4.30. The van der Waals surface area contributed by atoms with Crippen molar-refractivity contribution in [2.75, 3.05) is 37.7 Å². The molecule has 0 spiro atoms. The zero-order chi connectivity index (χ0) is 12.2. The van der Waals surface area contributed by atoms with Crippen LogP contribution in [0.3, 0.4) is 0 Å². The van der Waals surface area contributed by atoms with Gasteiger partial charge in [-0.15, -0.1) is 0 Å². The first-order valence-electron chi connectivity index (χ1n) is 6.89. The predicted molar refractivity (Wildman–Crippen MR) is 71.8 cm³/mol. The quantitative estimate of drug-likeness (QED) is 0.870. The van der Waals surface area contributed by atoms with E-state index in [1.165, 1.54) is 12.8 Å². The number of rotatable bonds is 4. The summed E-state index contributed by atoms with van der Waals surface area (Å²) < 4.78 is 5.19. The summed E-state index contributed by atoms with van der Waals surface area (Å²) in [7, 11) is 0. The lowest BCUT2D eigenvalue weighted by Gasteiger charge is -2.35. The molecule has 0 saturated carbocycles. The van der Waals surface area contributed by atoms with E-state index in [4.69, 9.17) is 4.74 Å². The van der Waals surface area contributed by atoms with Gasteiger partial charge in [0.25, 0.3) is 0 Å². The lowest BCUT2D eigenvalue weighted by Crippen LogP contribution is -2.46. The Morgan fingerprint density at radius 3 is 2.72 bits per heavy atom. The summed E-state index contributed by atoms with van der Waals surface area (Å²) in [5, 5.41) is 3.67. The van der Waals surface area contributed by atoms with E-state index in [9.17, 15) is 0 Å². The molecule has 2 saturated heterocycles.